The minimum Gasteiger partial charge on any atom is -0.288 e. The van der Waals surface area contributed by atoms with Gasteiger partial charge in [-0.3, -0.25) is 9.78 Å². The molecule has 1 heterocycles. The van der Waals surface area contributed by atoms with E-state index in [1.54, 1.807) is 6.92 Å². The zero-order valence-electron chi connectivity index (χ0n) is 9.29. The van der Waals surface area contributed by atoms with Crippen molar-refractivity contribution in [2.75, 3.05) is 5.43 Å². The SMILES string of the molecule is Cc1nnc(NN=C2CCCCC2)[nH]c1=O. The molecule has 0 unspecified atom stereocenters. The monoisotopic (exact) mass is 221 g/mol. The lowest BCUT2D eigenvalue weighted by atomic mass is 9.99. The minimum atomic E-state index is -0.235. The molecular weight excluding hydrogens is 206 g/mol. The predicted molar refractivity (Wildman–Crippen MR) is 61.5 cm³/mol. The van der Waals surface area contributed by atoms with E-state index in [1.165, 1.54) is 19.3 Å². The fourth-order valence-corrected chi connectivity index (χ4v) is 1.65. The maximum atomic E-state index is 11.2. The molecule has 0 aromatic carbocycles. The Hall–Kier alpha value is -1.72. The second-order valence-corrected chi connectivity index (χ2v) is 3.94. The molecule has 1 aromatic rings. The molecule has 0 aliphatic heterocycles. The minimum absolute atomic E-state index is 0.235. The van der Waals surface area contributed by atoms with E-state index < -0.39 is 0 Å². The van der Waals surface area contributed by atoms with Crippen LogP contribution in [0.2, 0.25) is 0 Å². The van der Waals surface area contributed by atoms with E-state index in [1.807, 2.05) is 0 Å². The Labute approximate surface area is 93.2 Å². The first-order valence-electron chi connectivity index (χ1n) is 5.51. The first kappa shape index (κ1) is 10.8. The summed E-state index contributed by atoms with van der Waals surface area (Å²) in [6.45, 7) is 1.61. The van der Waals surface area contributed by atoms with Gasteiger partial charge in [0.25, 0.3) is 5.56 Å². The van der Waals surface area contributed by atoms with Crippen LogP contribution >= 0.6 is 0 Å². The van der Waals surface area contributed by atoms with Crippen molar-refractivity contribution in [2.24, 2.45) is 5.10 Å². The van der Waals surface area contributed by atoms with E-state index in [0.717, 1.165) is 18.6 Å². The van der Waals surface area contributed by atoms with Gasteiger partial charge < -0.3 is 0 Å². The highest BCUT2D eigenvalue weighted by molar-refractivity contribution is 5.85. The Kier molecular flexibility index (Phi) is 3.28. The standard InChI is InChI=1S/C10H15N5O/c1-7-9(16)11-10(14-12-7)15-13-8-5-3-2-4-6-8/h2-6H2,1H3,(H2,11,14,15,16). The van der Waals surface area contributed by atoms with E-state index in [2.05, 4.69) is 25.7 Å². The van der Waals surface area contributed by atoms with Crippen LogP contribution in [-0.4, -0.2) is 20.9 Å². The average molecular weight is 221 g/mol. The number of aryl methyl sites for hydroxylation is 1. The van der Waals surface area contributed by atoms with Crippen LogP contribution in [0.4, 0.5) is 5.95 Å². The maximum Gasteiger partial charge on any atom is 0.274 e. The van der Waals surface area contributed by atoms with Gasteiger partial charge in [-0.2, -0.15) is 5.10 Å². The van der Waals surface area contributed by atoms with E-state index in [4.69, 9.17) is 0 Å². The number of hydrogen-bond donors (Lipinski definition) is 2. The number of rotatable bonds is 2. The van der Waals surface area contributed by atoms with Gasteiger partial charge in [0.05, 0.1) is 0 Å². The van der Waals surface area contributed by atoms with Crippen LogP contribution in [0.5, 0.6) is 0 Å². The van der Waals surface area contributed by atoms with Crippen molar-refractivity contribution < 1.29 is 0 Å². The number of aromatic nitrogens is 3. The number of H-pyrrole nitrogens is 1. The van der Waals surface area contributed by atoms with Crippen LogP contribution in [-0.2, 0) is 0 Å². The maximum absolute atomic E-state index is 11.2. The molecule has 0 spiro atoms. The topological polar surface area (TPSA) is 83.0 Å². The van der Waals surface area contributed by atoms with E-state index in [9.17, 15) is 4.79 Å². The summed E-state index contributed by atoms with van der Waals surface area (Å²) < 4.78 is 0. The van der Waals surface area contributed by atoms with Crippen LogP contribution in [0, 0.1) is 6.92 Å². The molecule has 0 saturated heterocycles. The third kappa shape index (κ3) is 2.65. The molecule has 1 aliphatic rings. The van der Waals surface area contributed by atoms with Crippen molar-refractivity contribution in [1.29, 1.82) is 0 Å². The fourth-order valence-electron chi connectivity index (χ4n) is 1.65. The molecule has 0 bridgehead atoms. The van der Waals surface area contributed by atoms with Gasteiger partial charge in [0.1, 0.15) is 5.69 Å². The van der Waals surface area contributed by atoms with E-state index >= 15 is 0 Å². The number of anilines is 1. The Morgan fingerprint density at radius 1 is 1.25 bits per heavy atom. The highest BCUT2D eigenvalue weighted by atomic mass is 16.1. The van der Waals surface area contributed by atoms with Crippen LogP contribution in [0.15, 0.2) is 9.90 Å². The average Bonchev–Trinajstić information content (AvgIpc) is 2.32. The largest absolute Gasteiger partial charge is 0.288 e. The van der Waals surface area contributed by atoms with Crippen LogP contribution in [0.25, 0.3) is 0 Å². The van der Waals surface area contributed by atoms with Gasteiger partial charge in [0.2, 0.25) is 5.95 Å². The number of nitrogens with zero attached hydrogens (tertiary/aromatic N) is 3. The van der Waals surface area contributed by atoms with Gasteiger partial charge in [-0.05, 0) is 32.6 Å². The molecule has 2 N–H and O–H groups in total. The van der Waals surface area contributed by atoms with Gasteiger partial charge in [0.15, 0.2) is 0 Å². The van der Waals surface area contributed by atoms with Crippen molar-refractivity contribution >= 4 is 11.7 Å². The lowest BCUT2D eigenvalue weighted by molar-refractivity contribution is 0.665. The smallest absolute Gasteiger partial charge is 0.274 e. The summed E-state index contributed by atoms with van der Waals surface area (Å²) in [4.78, 5) is 13.8. The molecule has 6 heteroatoms. The third-order valence-corrected chi connectivity index (χ3v) is 2.61. The van der Waals surface area contributed by atoms with E-state index in [-0.39, 0.29) is 5.56 Å². The normalized spacial score (nSPS) is 15.9. The summed E-state index contributed by atoms with van der Waals surface area (Å²) >= 11 is 0. The second kappa shape index (κ2) is 4.87. The molecule has 0 atom stereocenters. The number of hydrogen-bond acceptors (Lipinski definition) is 5. The van der Waals surface area contributed by atoms with Crippen molar-refractivity contribution in [1.82, 2.24) is 15.2 Å². The predicted octanol–water partition coefficient (Wildman–Crippen LogP) is 1.21. The van der Waals surface area contributed by atoms with Crippen molar-refractivity contribution in [3.63, 3.8) is 0 Å². The molecule has 1 aromatic heterocycles. The molecule has 2 rings (SSSR count). The van der Waals surface area contributed by atoms with Gasteiger partial charge in [-0.1, -0.05) is 6.42 Å². The summed E-state index contributed by atoms with van der Waals surface area (Å²) in [5.41, 5.74) is 4.00. The van der Waals surface area contributed by atoms with Crippen molar-refractivity contribution in [3.05, 3.63) is 16.0 Å². The lowest BCUT2D eigenvalue weighted by Gasteiger charge is -2.11. The molecule has 86 valence electrons. The van der Waals surface area contributed by atoms with Gasteiger partial charge in [-0.15, -0.1) is 10.2 Å². The van der Waals surface area contributed by atoms with Gasteiger partial charge >= 0.3 is 0 Å². The molecule has 1 fully saturated rings. The van der Waals surface area contributed by atoms with Crippen LogP contribution < -0.4 is 11.0 Å². The Balaban J connectivity index is 2.03. The molecule has 6 nitrogen and oxygen atoms in total. The van der Waals surface area contributed by atoms with Crippen LogP contribution in [0.3, 0.4) is 0 Å². The summed E-state index contributed by atoms with van der Waals surface area (Å²) in [5.74, 6) is 0.300. The molecule has 0 amide bonds. The zero-order valence-corrected chi connectivity index (χ0v) is 9.29. The molecule has 1 saturated carbocycles. The first-order chi connectivity index (χ1) is 7.75. The Morgan fingerprint density at radius 3 is 2.69 bits per heavy atom. The fraction of sp³-hybridized carbons (Fsp3) is 0.600. The third-order valence-electron chi connectivity index (χ3n) is 2.61. The van der Waals surface area contributed by atoms with Crippen molar-refractivity contribution in [2.45, 2.75) is 39.0 Å². The molecule has 1 aliphatic carbocycles. The molecular formula is C10H15N5O. The highest BCUT2D eigenvalue weighted by Gasteiger charge is 2.06. The first-order valence-corrected chi connectivity index (χ1v) is 5.51. The summed E-state index contributed by atoms with van der Waals surface area (Å²) in [7, 11) is 0. The number of hydrazone groups is 1. The van der Waals surface area contributed by atoms with Crippen LogP contribution in [0.1, 0.15) is 37.8 Å². The Bertz CT molecular complexity index is 443. The number of aromatic amines is 1. The quantitative estimate of drug-likeness (QED) is 0.735. The van der Waals surface area contributed by atoms with Gasteiger partial charge in [-0.25, -0.2) is 5.43 Å². The second-order valence-electron chi connectivity index (χ2n) is 3.94. The summed E-state index contributed by atoms with van der Waals surface area (Å²) in [6, 6.07) is 0. The summed E-state index contributed by atoms with van der Waals surface area (Å²) in [5, 5.41) is 11.7. The Morgan fingerprint density at radius 2 is 2.00 bits per heavy atom. The summed E-state index contributed by atoms with van der Waals surface area (Å²) in [6.07, 6.45) is 5.71. The highest BCUT2D eigenvalue weighted by Crippen LogP contribution is 2.14. The van der Waals surface area contributed by atoms with Gasteiger partial charge in [0, 0.05) is 5.71 Å². The van der Waals surface area contributed by atoms with E-state index in [0.29, 0.717) is 11.6 Å². The molecule has 16 heavy (non-hydrogen) atoms. The zero-order chi connectivity index (χ0) is 11.4. The van der Waals surface area contributed by atoms with Crippen molar-refractivity contribution in [3.8, 4) is 0 Å². The molecule has 0 radical (unpaired) electrons. The number of nitrogens with one attached hydrogen (secondary N) is 2. The lowest BCUT2D eigenvalue weighted by Crippen LogP contribution is -2.16.